The Balaban J connectivity index is 1.70. The molecule has 2 aliphatic rings. The van der Waals surface area contributed by atoms with Crippen molar-refractivity contribution in [2.45, 2.75) is 25.8 Å². The normalized spacial score (nSPS) is 26.6. The van der Waals surface area contributed by atoms with E-state index in [0.717, 1.165) is 45.3 Å². The molecule has 4 heteroatoms. The maximum Gasteiger partial charge on any atom is 0.0950 e. The highest BCUT2D eigenvalue weighted by molar-refractivity contribution is 4.90. The molecular weight excluding hydrogens is 214 g/mol. The fourth-order valence-electron chi connectivity index (χ4n) is 2.71. The average molecular weight is 237 g/mol. The van der Waals surface area contributed by atoms with Gasteiger partial charge in [-0.25, -0.2) is 0 Å². The molecule has 0 N–H and O–H groups in total. The Morgan fingerprint density at radius 2 is 1.88 bits per heavy atom. The predicted molar refractivity (Wildman–Crippen MR) is 66.6 cm³/mol. The van der Waals surface area contributed by atoms with Crippen LogP contribution in [0.15, 0.2) is 0 Å². The van der Waals surface area contributed by atoms with Gasteiger partial charge in [0.2, 0.25) is 0 Å². The van der Waals surface area contributed by atoms with Gasteiger partial charge in [-0.15, -0.1) is 0 Å². The number of ether oxygens (including phenoxy) is 1. The molecule has 0 radical (unpaired) electrons. The maximum absolute atomic E-state index is 8.89. The van der Waals surface area contributed by atoms with E-state index in [2.05, 4.69) is 15.9 Å². The van der Waals surface area contributed by atoms with Crippen LogP contribution >= 0.6 is 0 Å². The standard InChI is InChI=1S/C13H23N3O/c1-12(10-14)16-6-4-15(5-7-16)11-13-2-8-17-9-3-13/h12-13H,2-9,11H2,1H3. The quantitative estimate of drug-likeness (QED) is 0.732. The molecule has 2 rings (SSSR count). The molecule has 17 heavy (non-hydrogen) atoms. The van der Waals surface area contributed by atoms with E-state index in [-0.39, 0.29) is 6.04 Å². The minimum atomic E-state index is 0.0697. The van der Waals surface area contributed by atoms with E-state index in [9.17, 15) is 0 Å². The lowest BCUT2D eigenvalue weighted by Crippen LogP contribution is -2.50. The first-order valence-electron chi connectivity index (χ1n) is 6.73. The van der Waals surface area contributed by atoms with Crippen molar-refractivity contribution in [2.24, 2.45) is 5.92 Å². The molecule has 0 aromatic rings. The minimum absolute atomic E-state index is 0.0697. The van der Waals surface area contributed by atoms with Gasteiger partial charge in [0.25, 0.3) is 0 Å². The zero-order valence-corrected chi connectivity index (χ0v) is 10.8. The summed E-state index contributed by atoms with van der Waals surface area (Å²) < 4.78 is 5.39. The Hall–Kier alpha value is -0.630. The van der Waals surface area contributed by atoms with Crippen LogP contribution in [0.4, 0.5) is 0 Å². The summed E-state index contributed by atoms with van der Waals surface area (Å²) in [4.78, 5) is 4.83. The first-order chi connectivity index (χ1) is 8.29. The summed E-state index contributed by atoms with van der Waals surface area (Å²) >= 11 is 0. The van der Waals surface area contributed by atoms with Gasteiger partial charge in [0, 0.05) is 45.9 Å². The van der Waals surface area contributed by atoms with Crippen molar-refractivity contribution < 1.29 is 4.74 Å². The van der Waals surface area contributed by atoms with Crippen molar-refractivity contribution in [3.05, 3.63) is 0 Å². The Bertz CT molecular complexity index is 262. The monoisotopic (exact) mass is 237 g/mol. The van der Waals surface area contributed by atoms with Crippen molar-refractivity contribution >= 4 is 0 Å². The predicted octanol–water partition coefficient (Wildman–Crippen LogP) is 0.943. The molecule has 96 valence electrons. The van der Waals surface area contributed by atoms with Gasteiger partial charge in [0.15, 0.2) is 0 Å². The number of hydrogen-bond donors (Lipinski definition) is 0. The van der Waals surface area contributed by atoms with Crippen LogP contribution in [0.3, 0.4) is 0 Å². The van der Waals surface area contributed by atoms with Gasteiger partial charge in [-0.05, 0) is 25.7 Å². The summed E-state index contributed by atoms with van der Waals surface area (Å²) in [6, 6.07) is 2.39. The van der Waals surface area contributed by atoms with E-state index < -0.39 is 0 Å². The third-order valence-electron chi connectivity index (χ3n) is 4.00. The summed E-state index contributed by atoms with van der Waals surface area (Å²) in [6.45, 7) is 9.40. The highest BCUT2D eigenvalue weighted by Crippen LogP contribution is 2.17. The Labute approximate surface area is 104 Å². The molecular formula is C13H23N3O. The summed E-state index contributed by atoms with van der Waals surface area (Å²) in [5.41, 5.74) is 0. The van der Waals surface area contributed by atoms with Crippen LogP contribution in [0.5, 0.6) is 0 Å². The van der Waals surface area contributed by atoms with E-state index >= 15 is 0 Å². The summed E-state index contributed by atoms with van der Waals surface area (Å²) in [7, 11) is 0. The molecule has 2 aliphatic heterocycles. The number of hydrogen-bond acceptors (Lipinski definition) is 4. The van der Waals surface area contributed by atoms with Crippen molar-refractivity contribution in [3.63, 3.8) is 0 Å². The smallest absolute Gasteiger partial charge is 0.0950 e. The molecule has 0 amide bonds. The SMILES string of the molecule is CC(C#N)N1CCN(CC2CCOCC2)CC1. The van der Waals surface area contributed by atoms with E-state index in [1.165, 1.54) is 19.4 Å². The first-order valence-corrected chi connectivity index (χ1v) is 6.73. The van der Waals surface area contributed by atoms with Crippen LogP contribution in [0.25, 0.3) is 0 Å². The Morgan fingerprint density at radius 3 is 2.47 bits per heavy atom. The molecule has 2 heterocycles. The lowest BCUT2D eigenvalue weighted by Gasteiger charge is -2.38. The summed E-state index contributed by atoms with van der Waals surface area (Å²) in [6.07, 6.45) is 2.43. The molecule has 4 nitrogen and oxygen atoms in total. The second-order valence-corrected chi connectivity index (χ2v) is 5.20. The van der Waals surface area contributed by atoms with Gasteiger partial charge in [0.1, 0.15) is 0 Å². The van der Waals surface area contributed by atoms with Crippen LogP contribution in [0.2, 0.25) is 0 Å². The second kappa shape index (κ2) is 6.34. The molecule has 1 atom stereocenters. The molecule has 0 spiro atoms. The third-order valence-corrected chi connectivity index (χ3v) is 4.00. The average Bonchev–Trinajstić information content (AvgIpc) is 2.40. The third kappa shape index (κ3) is 3.67. The van der Waals surface area contributed by atoms with Gasteiger partial charge in [-0.3, -0.25) is 4.90 Å². The zero-order chi connectivity index (χ0) is 12.1. The van der Waals surface area contributed by atoms with Gasteiger partial charge >= 0.3 is 0 Å². The fourth-order valence-corrected chi connectivity index (χ4v) is 2.71. The molecule has 0 aliphatic carbocycles. The number of rotatable bonds is 3. The highest BCUT2D eigenvalue weighted by Gasteiger charge is 2.23. The van der Waals surface area contributed by atoms with Crippen molar-refractivity contribution in [3.8, 4) is 6.07 Å². The van der Waals surface area contributed by atoms with Gasteiger partial charge in [-0.2, -0.15) is 5.26 Å². The molecule has 1 unspecified atom stereocenters. The van der Waals surface area contributed by atoms with Gasteiger partial charge in [0.05, 0.1) is 12.1 Å². The Morgan fingerprint density at radius 1 is 1.24 bits per heavy atom. The topological polar surface area (TPSA) is 39.5 Å². The Kier molecular flexibility index (Phi) is 4.78. The largest absolute Gasteiger partial charge is 0.381 e. The van der Waals surface area contributed by atoms with E-state index in [1.807, 2.05) is 6.92 Å². The molecule has 0 bridgehead atoms. The summed E-state index contributed by atoms with van der Waals surface area (Å²) in [5, 5.41) is 8.89. The van der Waals surface area contributed by atoms with E-state index in [0.29, 0.717) is 0 Å². The lowest BCUT2D eigenvalue weighted by atomic mass is 9.99. The first kappa shape index (κ1) is 12.8. The van der Waals surface area contributed by atoms with Crippen molar-refractivity contribution in [1.82, 2.24) is 9.80 Å². The van der Waals surface area contributed by atoms with Crippen LogP contribution in [-0.2, 0) is 4.74 Å². The molecule has 0 aromatic heterocycles. The summed E-state index contributed by atoms with van der Waals surface area (Å²) in [5.74, 6) is 0.823. The maximum atomic E-state index is 8.89. The van der Waals surface area contributed by atoms with Crippen LogP contribution in [0, 0.1) is 17.2 Å². The highest BCUT2D eigenvalue weighted by atomic mass is 16.5. The number of nitrogens with zero attached hydrogens (tertiary/aromatic N) is 3. The molecule has 2 saturated heterocycles. The van der Waals surface area contributed by atoms with Crippen molar-refractivity contribution in [2.75, 3.05) is 45.9 Å². The van der Waals surface area contributed by atoms with Crippen LogP contribution in [0.1, 0.15) is 19.8 Å². The molecule has 0 saturated carbocycles. The van der Waals surface area contributed by atoms with Crippen LogP contribution in [-0.4, -0.2) is 61.8 Å². The number of nitriles is 1. The van der Waals surface area contributed by atoms with Crippen molar-refractivity contribution in [1.29, 1.82) is 5.26 Å². The lowest BCUT2D eigenvalue weighted by molar-refractivity contribution is 0.0405. The second-order valence-electron chi connectivity index (χ2n) is 5.20. The number of piperazine rings is 1. The van der Waals surface area contributed by atoms with Crippen LogP contribution < -0.4 is 0 Å². The molecule has 2 fully saturated rings. The minimum Gasteiger partial charge on any atom is -0.381 e. The van der Waals surface area contributed by atoms with Gasteiger partial charge in [-0.1, -0.05) is 0 Å². The van der Waals surface area contributed by atoms with E-state index in [4.69, 9.17) is 10.00 Å². The molecule has 0 aromatic carbocycles. The fraction of sp³-hybridized carbons (Fsp3) is 0.923. The van der Waals surface area contributed by atoms with Gasteiger partial charge < -0.3 is 9.64 Å². The van der Waals surface area contributed by atoms with E-state index in [1.54, 1.807) is 0 Å². The zero-order valence-electron chi connectivity index (χ0n) is 10.8.